The van der Waals surface area contributed by atoms with E-state index in [4.69, 9.17) is 5.11 Å². The van der Waals surface area contributed by atoms with E-state index in [0.29, 0.717) is 0 Å². The highest BCUT2D eigenvalue weighted by Crippen LogP contribution is 2.10. The summed E-state index contributed by atoms with van der Waals surface area (Å²) in [6, 6.07) is 0. The summed E-state index contributed by atoms with van der Waals surface area (Å²) in [5, 5.41) is 8.50. The summed E-state index contributed by atoms with van der Waals surface area (Å²) in [6.45, 7) is -0.754. The highest BCUT2D eigenvalue weighted by atomic mass is 19.3. The third-order valence-corrected chi connectivity index (χ3v) is 1.05. The summed E-state index contributed by atoms with van der Waals surface area (Å²) in [4.78, 5) is 10.3. The van der Waals surface area contributed by atoms with Crippen molar-refractivity contribution < 1.29 is 32.5 Å². The second kappa shape index (κ2) is 6.39. The fraction of sp³-hybridized carbons (Fsp3) is 0.571. The number of carbonyl (C=O) groups is 1. The molecule has 0 radical (unpaired) electrons. The Morgan fingerprint density at radius 2 is 2.00 bits per heavy atom. The molecule has 0 aliphatic heterocycles. The molecule has 0 saturated heterocycles. The average molecular weight is 214 g/mol. The summed E-state index contributed by atoms with van der Waals surface area (Å²) in [5.41, 5.74) is 0. The Bertz CT molecular complexity index is 225. The zero-order valence-electron chi connectivity index (χ0n) is 7.30. The van der Waals surface area contributed by atoms with Crippen LogP contribution in [0.3, 0.4) is 0 Å². The molecule has 0 aromatic heterocycles. The fourth-order valence-electron chi connectivity index (χ4n) is 0.530. The summed E-state index contributed by atoms with van der Waals surface area (Å²) < 4.78 is 43.7. The third kappa shape index (κ3) is 5.55. The molecule has 14 heavy (non-hydrogen) atoms. The van der Waals surface area contributed by atoms with Crippen LogP contribution in [0.4, 0.5) is 13.2 Å². The van der Waals surface area contributed by atoms with Gasteiger partial charge in [0.25, 0.3) is 0 Å². The molecule has 0 aromatic rings. The number of carbonyl (C=O) groups excluding carboxylic acids is 1. The Labute approximate surface area is 77.9 Å². The lowest BCUT2D eigenvalue weighted by molar-refractivity contribution is -0.183. The van der Waals surface area contributed by atoms with Gasteiger partial charge in [-0.25, -0.2) is 4.39 Å². The predicted molar refractivity (Wildman–Crippen MR) is 38.9 cm³/mol. The summed E-state index contributed by atoms with van der Waals surface area (Å²) in [7, 11) is 0. The Morgan fingerprint density at radius 1 is 1.43 bits per heavy atom. The maximum atomic E-state index is 12.1. The van der Waals surface area contributed by atoms with Crippen molar-refractivity contribution >= 4 is 5.97 Å². The van der Waals surface area contributed by atoms with Gasteiger partial charge in [0.15, 0.2) is 5.83 Å². The number of aliphatic hydroxyl groups is 1. The SMILES string of the molecule is CC(=O)OC(CO)OCC(F)=C(F)F. The van der Waals surface area contributed by atoms with Crippen molar-refractivity contribution in [2.24, 2.45) is 0 Å². The molecule has 4 nitrogen and oxygen atoms in total. The number of rotatable bonds is 5. The first-order valence-corrected chi connectivity index (χ1v) is 3.56. The second-order valence-corrected chi connectivity index (χ2v) is 2.20. The molecule has 7 heteroatoms. The van der Waals surface area contributed by atoms with E-state index in [2.05, 4.69) is 9.47 Å². The van der Waals surface area contributed by atoms with Crippen molar-refractivity contribution in [1.29, 1.82) is 0 Å². The van der Waals surface area contributed by atoms with Gasteiger partial charge in [0, 0.05) is 6.92 Å². The number of hydrogen-bond acceptors (Lipinski definition) is 4. The van der Waals surface area contributed by atoms with Gasteiger partial charge in [-0.15, -0.1) is 0 Å². The highest BCUT2D eigenvalue weighted by molar-refractivity contribution is 5.66. The van der Waals surface area contributed by atoms with Crippen LogP contribution in [-0.2, 0) is 14.3 Å². The molecule has 0 aliphatic carbocycles. The molecule has 82 valence electrons. The first-order valence-electron chi connectivity index (χ1n) is 3.56. The van der Waals surface area contributed by atoms with Crippen LogP contribution in [0.15, 0.2) is 11.9 Å². The normalized spacial score (nSPS) is 12.1. The van der Waals surface area contributed by atoms with Gasteiger partial charge in [-0.2, -0.15) is 8.78 Å². The second-order valence-electron chi connectivity index (χ2n) is 2.20. The topological polar surface area (TPSA) is 55.8 Å². The number of ether oxygens (including phenoxy) is 2. The molecular weight excluding hydrogens is 205 g/mol. The number of hydrogen-bond donors (Lipinski definition) is 1. The minimum Gasteiger partial charge on any atom is -0.433 e. The molecule has 0 spiro atoms. The summed E-state index contributed by atoms with van der Waals surface area (Å²) in [5.74, 6) is -2.54. The molecule has 1 N–H and O–H groups in total. The molecule has 0 aromatic carbocycles. The van der Waals surface area contributed by atoms with Crippen LogP contribution in [0.5, 0.6) is 0 Å². The monoisotopic (exact) mass is 214 g/mol. The van der Waals surface area contributed by atoms with Crippen molar-refractivity contribution in [3.8, 4) is 0 Å². The van der Waals surface area contributed by atoms with Crippen LogP contribution >= 0.6 is 0 Å². The zero-order chi connectivity index (χ0) is 11.1. The molecule has 0 bridgehead atoms. The van der Waals surface area contributed by atoms with Gasteiger partial charge in [-0.3, -0.25) is 4.79 Å². The molecule has 0 aliphatic rings. The van der Waals surface area contributed by atoms with Crippen LogP contribution in [0.25, 0.3) is 0 Å². The smallest absolute Gasteiger partial charge is 0.305 e. The van der Waals surface area contributed by atoms with Gasteiger partial charge in [0.2, 0.25) is 6.29 Å². The van der Waals surface area contributed by atoms with E-state index in [1.54, 1.807) is 0 Å². The molecule has 1 atom stereocenters. The van der Waals surface area contributed by atoms with E-state index in [1.165, 1.54) is 0 Å². The number of halogens is 3. The Balaban J connectivity index is 3.96. The molecular formula is C7H9F3O4. The third-order valence-electron chi connectivity index (χ3n) is 1.05. The summed E-state index contributed by atoms with van der Waals surface area (Å²) in [6.07, 6.45) is -3.94. The van der Waals surface area contributed by atoms with Gasteiger partial charge in [-0.1, -0.05) is 0 Å². The van der Waals surface area contributed by atoms with E-state index in [1.807, 2.05) is 0 Å². The summed E-state index contributed by atoms with van der Waals surface area (Å²) >= 11 is 0. The maximum Gasteiger partial charge on any atom is 0.305 e. The van der Waals surface area contributed by atoms with Crippen LogP contribution in [0.1, 0.15) is 6.92 Å². The van der Waals surface area contributed by atoms with Crippen molar-refractivity contribution in [3.05, 3.63) is 11.9 Å². The minimum absolute atomic E-state index is 0.735. The molecule has 0 amide bonds. The van der Waals surface area contributed by atoms with Crippen molar-refractivity contribution in [3.63, 3.8) is 0 Å². The molecule has 0 heterocycles. The number of aliphatic hydroxyl groups excluding tert-OH is 1. The first-order chi connectivity index (χ1) is 6.47. The van der Waals surface area contributed by atoms with E-state index in [9.17, 15) is 18.0 Å². The van der Waals surface area contributed by atoms with Crippen LogP contribution in [-0.4, -0.2) is 30.6 Å². The van der Waals surface area contributed by atoms with Crippen molar-refractivity contribution in [1.82, 2.24) is 0 Å². The molecule has 0 saturated carbocycles. The Kier molecular flexibility index (Phi) is 5.89. The van der Waals surface area contributed by atoms with Crippen molar-refractivity contribution in [2.75, 3.05) is 13.2 Å². The van der Waals surface area contributed by atoms with Gasteiger partial charge in [-0.05, 0) is 0 Å². The highest BCUT2D eigenvalue weighted by Gasteiger charge is 2.13. The molecule has 1 unspecified atom stereocenters. The lowest BCUT2D eigenvalue weighted by Gasteiger charge is -2.13. The van der Waals surface area contributed by atoms with E-state index in [-0.39, 0.29) is 0 Å². The zero-order valence-corrected chi connectivity index (χ0v) is 7.30. The Morgan fingerprint density at radius 3 is 2.36 bits per heavy atom. The Hall–Kier alpha value is -1.08. The fourth-order valence-corrected chi connectivity index (χ4v) is 0.530. The first kappa shape index (κ1) is 12.9. The van der Waals surface area contributed by atoms with Crippen molar-refractivity contribution in [2.45, 2.75) is 13.2 Å². The van der Waals surface area contributed by atoms with E-state index >= 15 is 0 Å². The lowest BCUT2D eigenvalue weighted by Crippen LogP contribution is -2.24. The lowest BCUT2D eigenvalue weighted by atomic mass is 10.6. The quantitative estimate of drug-likeness (QED) is 0.547. The molecule has 0 fully saturated rings. The maximum absolute atomic E-state index is 12.1. The van der Waals surface area contributed by atoms with Gasteiger partial charge >= 0.3 is 12.0 Å². The predicted octanol–water partition coefficient (Wildman–Crippen LogP) is 0.962. The standard InChI is InChI=1S/C7H9F3O4/c1-4(12)14-6(2-11)13-3-5(8)7(9)10/h6,11H,2-3H2,1H3. The van der Waals surface area contributed by atoms with Crippen LogP contribution in [0, 0.1) is 0 Å². The van der Waals surface area contributed by atoms with E-state index < -0.39 is 37.4 Å². The number of esters is 1. The largest absolute Gasteiger partial charge is 0.433 e. The minimum atomic E-state index is -2.51. The van der Waals surface area contributed by atoms with Gasteiger partial charge in [0.1, 0.15) is 13.2 Å². The van der Waals surface area contributed by atoms with Crippen LogP contribution < -0.4 is 0 Å². The molecule has 0 rings (SSSR count). The van der Waals surface area contributed by atoms with Gasteiger partial charge < -0.3 is 14.6 Å². The van der Waals surface area contributed by atoms with Crippen LogP contribution in [0.2, 0.25) is 0 Å². The van der Waals surface area contributed by atoms with E-state index in [0.717, 1.165) is 6.92 Å². The van der Waals surface area contributed by atoms with Gasteiger partial charge in [0.05, 0.1) is 0 Å². The average Bonchev–Trinajstić information content (AvgIpc) is 2.10.